The van der Waals surface area contributed by atoms with Gasteiger partial charge in [0.15, 0.2) is 0 Å². The summed E-state index contributed by atoms with van der Waals surface area (Å²) < 4.78 is 0. The van der Waals surface area contributed by atoms with Crippen LogP contribution in [-0.2, 0) is 4.79 Å². The van der Waals surface area contributed by atoms with Gasteiger partial charge in [-0.1, -0.05) is 18.7 Å². The summed E-state index contributed by atoms with van der Waals surface area (Å²) in [5, 5.41) is 13.0. The number of fused-ring (bicyclic) bond motifs is 1. The summed E-state index contributed by atoms with van der Waals surface area (Å²) in [5.41, 5.74) is 4.68. The van der Waals surface area contributed by atoms with Gasteiger partial charge in [-0.05, 0) is 36.6 Å². The first-order chi connectivity index (χ1) is 11.1. The zero-order valence-electron chi connectivity index (χ0n) is 12.8. The number of nitrogens with zero attached hydrogens (tertiary/aromatic N) is 1. The highest BCUT2D eigenvalue weighted by Gasteiger charge is 2.24. The molecule has 0 aromatic heterocycles. The van der Waals surface area contributed by atoms with E-state index >= 15 is 0 Å². The van der Waals surface area contributed by atoms with Crippen molar-refractivity contribution in [3.8, 4) is 16.9 Å². The van der Waals surface area contributed by atoms with Crippen LogP contribution in [0.3, 0.4) is 0 Å². The van der Waals surface area contributed by atoms with E-state index in [9.17, 15) is 9.90 Å². The monoisotopic (exact) mass is 306 g/mol. The predicted molar refractivity (Wildman–Crippen MR) is 92.7 cm³/mol. The Hall–Kier alpha value is -2.75. The first kappa shape index (κ1) is 13.9. The highest BCUT2D eigenvalue weighted by Crippen LogP contribution is 2.40. The van der Waals surface area contributed by atoms with E-state index < -0.39 is 0 Å². The topological polar surface area (TPSA) is 52.6 Å². The second kappa shape index (κ2) is 5.16. The number of rotatable bonds is 2. The molecule has 0 unspecified atom stereocenters. The van der Waals surface area contributed by atoms with E-state index in [4.69, 9.17) is 0 Å². The molecule has 0 aliphatic carbocycles. The lowest BCUT2D eigenvalue weighted by Gasteiger charge is -2.18. The van der Waals surface area contributed by atoms with Crippen molar-refractivity contribution in [3.63, 3.8) is 0 Å². The Balaban J connectivity index is 1.71. The van der Waals surface area contributed by atoms with Gasteiger partial charge in [-0.15, -0.1) is 0 Å². The Morgan fingerprint density at radius 2 is 1.74 bits per heavy atom. The lowest BCUT2D eigenvalue weighted by Crippen LogP contribution is -2.17. The molecule has 2 aromatic carbocycles. The molecule has 1 amide bonds. The quantitative estimate of drug-likeness (QED) is 0.833. The number of aromatic hydroxyl groups is 1. The van der Waals surface area contributed by atoms with Crippen LogP contribution in [0.4, 0.5) is 11.4 Å². The second-order valence-electron chi connectivity index (χ2n) is 6.09. The van der Waals surface area contributed by atoms with Crippen molar-refractivity contribution >= 4 is 22.9 Å². The number of phenolic OH excluding ortho intramolecular Hbond substituents is 1. The van der Waals surface area contributed by atoms with Gasteiger partial charge in [0.2, 0.25) is 0 Å². The summed E-state index contributed by atoms with van der Waals surface area (Å²) in [6.45, 7) is 6.02. The maximum Gasteiger partial charge on any atom is 0.255 e. The van der Waals surface area contributed by atoms with Crippen LogP contribution in [0.15, 0.2) is 43.0 Å². The molecule has 0 radical (unpaired) electrons. The van der Waals surface area contributed by atoms with Crippen molar-refractivity contribution in [2.45, 2.75) is 12.8 Å². The number of benzene rings is 2. The molecule has 2 aliphatic rings. The van der Waals surface area contributed by atoms with Gasteiger partial charge in [0.05, 0.1) is 5.69 Å². The molecular formula is C19H18N2O2. The number of carbonyl (C=O) groups excluding carboxylic acids is 1. The van der Waals surface area contributed by atoms with Crippen LogP contribution in [0.25, 0.3) is 16.7 Å². The van der Waals surface area contributed by atoms with Crippen molar-refractivity contribution in [2.24, 2.45) is 0 Å². The summed E-state index contributed by atoms with van der Waals surface area (Å²) in [6.07, 6.45) is 2.49. The van der Waals surface area contributed by atoms with Crippen molar-refractivity contribution < 1.29 is 9.90 Å². The summed E-state index contributed by atoms with van der Waals surface area (Å²) >= 11 is 0. The van der Waals surface area contributed by atoms with Crippen molar-refractivity contribution in [1.82, 2.24) is 0 Å². The van der Waals surface area contributed by atoms with Gasteiger partial charge in [-0.25, -0.2) is 0 Å². The van der Waals surface area contributed by atoms with E-state index in [0.717, 1.165) is 29.8 Å². The number of carbonyl (C=O) groups is 1. The summed E-state index contributed by atoms with van der Waals surface area (Å²) in [7, 11) is 0. The molecule has 2 heterocycles. The molecule has 2 N–H and O–H groups in total. The third-order valence-corrected chi connectivity index (χ3v) is 4.63. The van der Waals surface area contributed by atoms with Gasteiger partial charge >= 0.3 is 0 Å². The van der Waals surface area contributed by atoms with Crippen molar-refractivity contribution in [3.05, 3.63) is 48.5 Å². The summed E-state index contributed by atoms with van der Waals surface area (Å²) in [5.74, 6) is -0.0476. The fourth-order valence-corrected chi connectivity index (χ4v) is 3.32. The van der Waals surface area contributed by atoms with Crippen LogP contribution < -0.4 is 10.2 Å². The maximum absolute atomic E-state index is 11.7. The molecule has 2 aliphatic heterocycles. The molecule has 0 spiro atoms. The average molecular weight is 306 g/mol. The number of anilines is 2. The third kappa shape index (κ3) is 2.27. The van der Waals surface area contributed by atoms with Gasteiger partial charge in [0, 0.05) is 41.5 Å². The number of phenols is 1. The lowest BCUT2D eigenvalue weighted by atomic mass is 9.98. The van der Waals surface area contributed by atoms with Crippen LogP contribution in [0, 0.1) is 0 Å². The van der Waals surface area contributed by atoms with Gasteiger partial charge in [-0.3, -0.25) is 4.79 Å². The number of nitrogens with one attached hydrogen (secondary N) is 1. The normalized spacial score (nSPS) is 16.6. The summed E-state index contributed by atoms with van der Waals surface area (Å²) in [6, 6.07) is 11.6. The van der Waals surface area contributed by atoms with Gasteiger partial charge < -0.3 is 15.3 Å². The third-order valence-electron chi connectivity index (χ3n) is 4.63. The number of amides is 1. The second-order valence-corrected chi connectivity index (χ2v) is 6.09. The minimum atomic E-state index is -0.207. The predicted octanol–water partition coefficient (Wildman–Crippen LogP) is 3.62. The van der Waals surface area contributed by atoms with E-state index in [2.05, 4.69) is 28.9 Å². The van der Waals surface area contributed by atoms with Crippen LogP contribution in [-0.4, -0.2) is 24.1 Å². The molecule has 0 atom stereocenters. The molecule has 116 valence electrons. The van der Waals surface area contributed by atoms with E-state index in [-0.39, 0.29) is 11.7 Å². The van der Waals surface area contributed by atoms with Crippen LogP contribution in [0.2, 0.25) is 0 Å². The minimum absolute atomic E-state index is 0.160. The highest BCUT2D eigenvalue weighted by atomic mass is 16.3. The van der Waals surface area contributed by atoms with Crippen LogP contribution >= 0.6 is 0 Å². The zero-order chi connectivity index (χ0) is 16.0. The molecule has 2 aromatic rings. The molecule has 4 nitrogen and oxygen atoms in total. The van der Waals surface area contributed by atoms with Crippen LogP contribution in [0.1, 0.15) is 18.4 Å². The van der Waals surface area contributed by atoms with E-state index in [1.54, 1.807) is 6.07 Å². The Morgan fingerprint density at radius 3 is 2.43 bits per heavy atom. The van der Waals surface area contributed by atoms with E-state index in [1.165, 1.54) is 18.5 Å². The first-order valence-corrected chi connectivity index (χ1v) is 7.86. The number of hydrogen-bond acceptors (Lipinski definition) is 3. The molecule has 1 saturated heterocycles. The molecule has 4 rings (SSSR count). The molecule has 4 heteroatoms. The van der Waals surface area contributed by atoms with Gasteiger partial charge in [0.25, 0.3) is 5.91 Å². The Bertz CT molecular complexity index is 803. The van der Waals surface area contributed by atoms with E-state index in [0.29, 0.717) is 11.3 Å². The highest BCUT2D eigenvalue weighted by molar-refractivity contribution is 6.31. The lowest BCUT2D eigenvalue weighted by molar-refractivity contribution is -0.110. The van der Waals surface area contributed by atoms with E-state index in [1.807, 2.05) is 18.2 Å². The van der Waals surface area contributed by atoms with Crippen LogP contribution in [0.5, 0.6) is 5.75 Å². The van der Waals surface area contributed by atoms with Crippen molar-refractivity contribution in [2.75, 3.05) is 23.3 Å². The first-order valence-electron chi connectivity index (χ1n) is 7.86. The van der Waals surface area contributed by atoms with Gasteiger partial charge in [-0.2, -0.15) is 0 Å². The maximum atomic E-state index is 11.7. The number of hydrogen-bond donors (Lipinski definition) is 2. The molecule has 0 saturated carbocycles. The molecule has 1 fully saturated rings. The fourth-order valence-electron chi connectivity index (χ4n) is 3.32. The Morgan fingerprint density at radius 1 is 1.04 bits per heavy atom. The molecular weight excluding hydrogens is 288 g/mol. The SMILES string of the molecule is C=C1C(=O)Nc2cc(O)c(-c3ccc(N4CCCC4)cc3)cc21. The average Bonchev–Trinajstić information content (AvgIpc) is 3.17. The standard InChI is InChI=1S/C19H18N2O2/c1-12-15-10-16(18(22)11-17(15)20-19(12)23)13-4-6-14(7-5-13)21-8-2-3-9-21/h4-7,10-11,22H,1-3,8-9H2,(H,20,23). The summed E-state index contributed by atoms with van der Waals surface area (Å²) in [4.78, 5) is 14.1. The van der Waals surface area contributed by atoms with Gasteiger partial charge in [0.1, 0.15) is 5.75 Å². The Labute approximate surface area is 135 Å². The zero-order valence-corrected chi connectivity index (χ0v) is 12.8. The van der Waals surface area contributed by atoms with Crippen molar-refractivity contribution in [1.29, 1.82) is 0 Å². The fraction of sp³-hybridized carbons (Fsp3) is 0.211. The largest absolute Gasteiger partial charge is 0.507 e. The Kier molecular flexibility index (Phi) is 3.11. The molecule has 0 bridgehead atoms. The minimum Gasteiger partial charge on any atom is -0.507 e. The smallest absolute Gasteiger partial charge is 0.255 e. The molecule has 23 heavy (non-hydrogen) atoms.